The SMILES string of the molecule is c1cnc2c(c1)c1ncccc1n2-c1nc(-n2c3cccnc3c3cccnc32)nc(-n2c3cccnc3c3cccnc32)n1. The molecule has 0 atom stereocenters. The molecule has 0 amide bonds. The summed E-state index contributed by atoms with van der Waals surface area (Å²) in [5, 5.41) is 2.67. The zero-order valence-corrected chi connectivity index (χ0v) is 23.3. The quantitative estimate of drug-likeness (QED) is 0.264. The first-order chi connectivity index (χ1) is 22.3. The van der Waals surface area contributed by atoms with Crippen molar-refractivity contribution in [2.24, 2.45) is 0 Å². The van der Waals surface area contributed by atoms with E-state index >= 15 is 0 Å². The molecule has 12 heteroatoms. The molecular formula is C33H18N12. The zero-order valence-electron chi connectivity index (χ0n) is 23.3. The van der Waals surface area contributed by atoms with Crippen molar-refractivity contribution < 1.29 is 0 Å². The lowest BCUT2D eigenvalue weighted by molar-refractivity contribution is 0.839. The molecule has 10 aromatic heterocycles. The van der Waals surface area contributed by atoms with Gasteiger partial charge in [0.25, 0.3) is 0 Å². The van der Waals surface area contributed by atoms with Gasteiger partial charge in [-0.2, -0.15) is 15.0 Å². The van der Waals surface area contributed by atoms with Crippen molar-refractivity contribution >= 4 is 66.2 Å². The van der Waals surface area contributed by atoms with E-state index in [1.54, 1.807) is 37.2 Å². The van der Waals surface area contributed by atoms with Crippen LogP contribution in [0.3, 0.4) is 0 Å². The second kappa shape index (κ2) is 8.91. The Labute approximate surface area is 252 Å². The van der Waals surface area contributed by atoms with Crippen molar-refractivity contribution in [1.29, 1.82) is 0 Å². The van der Waals surface area contributed by atoms with E-state index in [0.29, 0.717) is 34.8 Å². The van der Waals surface area contributed by atoms with E-state index in [0.717, 1.165) is 49.3 Å². The van der Waals surface area contributed by atoms with Gasteiger partial charge < -0.3 is 0 Å². The van der Waals surface area contributed by atoms with E-state index < -0.39 is 0 Å². The molecule has 0 saturated carbocycles. The van der Waals surface area contributed by atoms with Crippen molar-refractivity contribution in [3.05, 3.63) is 110 Å². The normalized spacial score (nSPS) is 12.0. The molecule has 0 N–H and O–H groups in total. The largest absolute Gasteiger partial charge is 0.260 e. The highest BCUT2D eigenvalue weighted by Crippen LogP contribution is 2.33. The van der Waals surface area contributed by atoms with Gasteiger partial charge in [0.15, 0.2) is 0 Å². The summed E-state index contributed by atoms with van der Waals surface area (Å²) in [6.45, 7) is 0. The van der Waals surface area contributed by atoms with Gasteiger partial charge in [-0.3, -0.25) is 28.7 Å². The third-order valence-corrected chi connectivity index (χ3v) is 8.04. The topological polar surface area (TPSA) is 131 Å². The van der Waals surface area contributed by atoms with Gasteiger partial charge in [0.05, 0.1) is 33.1 Å². The van der Waals surface area contributed by atoms with Gasteiger partial charge in [0.1, 0.15) is 16.9 Å². The van der Waals surface area contributed by atoms with Gasteiger partial charge >= 0.3 is 0 Å². The third-order valence-electron chi connectivity index (χ3n) is 8.04. The van der Waals surface area contributed by atoms with E-state index in [9.17, 15) is 0 Å². The predicted octanol–water partition coefficient (Wildman–Crippen LogP) is 5.53. The number of rotatable bonds is 3. The molecule has 12 nitrogen and oxygen atoms in total. The molecule has 0 aliphatic carbocycles. The summed E-state index contributed by atoms with van der Waals surface area (Å²) >= 11 is 0. The first-order valence-corrected chi connectivity index (χ1v) is 14.2. The summed E-state index contributed by atoms with van der Waals surface area (Å²) < 4.78 is 5.77. The van der Waals surface area contributed by atoms with Crippen LogP contribution in [0.1, 0.15) is 0 Å². The van der Waals surface area contributed by atoms with Crippen molar-refractivity contribution in [2.75, 3.05) is 0 Å². The Bertz CT molecular complexity index is 2320. The molecule has 0 aliphatic rings. The molecule has 0 aliphatic heterocycles. The molecule has 0 spiro atoms. The number of fused-ring (bicyclic) bond motifs is 9. The molecule has 10 aromatic rings. The van der Waals surface area contributed by atoms with Crippen LogP contribution in [0.2, 0.25) is 0 Å². The molecule has 0 saturated heterocycles. The molecule has 0 unspecified atom stereocenters. The second-order valence-corrected chi connectivity index (χ2v) is 10.5. The van der Waals surface area contributed by atoms with Crippen LogP contribution in [0.25, 0.3) is 84.0 Å². The molecule has 10 rings (SSSR count). The summed E-state index contributed by atoms with van der Waals surface area (Å²) in [7, 11) is 0. The van der Waals surface area contributed by atoms with E-state index in [1.165, 1.54) is 0 Å². The summed E-state index contributed by atoms with van der Waals surface area (Å²) in [6.07, 6.45) is 10.6. The monoisotopic (exact) mass is 582 g/mol. The fraction of sp³-hybridized carbons (Fsp3) is 0. The maximum absolute atomic E-state index is 5.11. The lowest BCUT2D eigenvalue weighted by Crippen LogP contribution is -2.14. The Morgan fingerprint density at radius 3 is 0.956 bits per heavy atom. The summed E-state index contributed by atoms with van der Waals surface area (Å²) in [5.41, 5.74) is 6.89. The van der Waals surface area contributed by atoms with Gasteiger partial charge in [0.2, 0.25) is 17.8 Å². The van der Waals surface area contributed by atoms with Gasteiger partial charge in [-0.15, -0.1) is 0 Å². The Hall–Kier alpha value is -6.69. The summed E-state index contributed by atoms with van der Waals surface area (Å²) in [5.74, 6) is 1.10. The van der Waals surface area contributed by atoms with Gasteiger partial charge in [0, 0.05) is 53.3 Å². The number of hydrogen-bond donors (Lipinski definition) is 0. The van der Waals surface area contributed by atoms with Crippen molar-refractivity contribution in [1.82, 2.24) is 58.6 Å². The molecule has 0 aromatic carbocycles. The average Bonchev–Trinajstić information content (AvgIpc) is 3.74. The Morgan fingerprint density at radius 2 is 0.622 bits per heavy atom. The fourth-order valence-electron chi connectivity index (χ4n) is 6.23. The third kappa shape index (κ3) is 3.27. The highest BCUT2D eigenvalue weighted by atomic mass is 15.3. The number of nitrogens with zero attached hydrogens (tertiary/aromatic N) is 12. The van der Waals surface area contributed by atoms with Gasteiger partial charge in [-0.25, -0.2) is 15.0 Å². The number of aromatic nitrogens is 12. The molecule has 210 valence electrons. The lowest BCUT2D eigenvalue weighted by atomic mass is 10.3. The lowest BCUT2D eigenvalue weighted by Gasteiger charge is -2.12. The first-order valence-electron chi connectivity index (χ1n) is 14.2. The van der Waals surface area contributed by atoms with E-state index in [4.69, 9.17) is 29.9 Å². The minimum Gasteiger partial charge on any atom is -0.260 e. The smallest absolute Gasteiger partial charge is 0.242 e. The highest BCUT2D eigenvalue weighted by Gasteiger charge is 2.24. The average molecular weight is 583 g/mol. The minimum absolute atomic E-state index is 0.367. The minimum atomic E-state index is 0.367. The van der Waals surface area contributed by atoms with Crippen molar-refractivity contribution in [3.63, 3.8) is 0 Å². The summed E-state index contributed by atoms with van der Waals surface area (Å²) in [6, 6.07) is 23.4. The maximum atomic E-state index is 5.11. The van der Waals surface area contributed by atoms with Crippen LogP contribution in [0, 0.1) is 0 Å². The van der Waals surface area contributed by atoms with Crippen molar-refractivity contribution in [2.45, 2.75) is 0 Å². The Morgan fingerprint density at radius 1 is 0.333 bits per heavy atom. The van der Waals surface area contributed by atoms with E-state index in [2.05, 4.69) is 15.0 Å². The molecule has 0 bridgehead atoms. The number of pyridine rings is 6. The first kappa shape index (κ1) is 23.8. The summed E-state index contributed by atoms with van der Waals surface area (Å²) in [4.78, 5) is 43.6. The Balaban J connectivity index is 1.38. The van der Waals surface area contributed by atoms with Gasteiger partial charge in [-0.1, -0.05) is 0 Å². The van der Waals surface area contributed by atoms with Crippen LogP contribution in [-0.4, -0.2) is 58.6 Å². The molecule has 0 fully saturated rings. The van der Waals surface area contributed by atoms with Crippen LogP contribution in [0.4, 0.5) is 0 Å². The van der Waals surface area contributed by atoms with E-state index in [1.807, 2.05) is 86.5 Å². The van der Waals surface area contributed by atoms with Crippen LogP contribution < -0.4 is 0 Å². The predicted molar refractivity (Wildman–Crippen MR) is 170 cm³/mol. The Kier molecular flexibility index (Phi) is 4.72. The zero-order chi connectivity index (χ0) is 29.5. The van der Waals surface area contributed by atoms with Crippen molar-refractivity contribution in [3.8, 4) is 17.8 Å². The second-order valence-electron chi connectivity index (χ2n) is 10.5. The molecule has 10 heterocycles. The molecule has 0 radical (unpaired) electrons. The standard InChI is InChI=1S/C33H18N12/c1-7-19-25-22(10-4-13-34-25)43(28(19)37-16-1)31-40-32(44-23-11-5-14-35-26(23)20-8-2-17-38-29(20)44)42-33(41-31)45-24-12-6-15-36-27(24)21-9-3-18-39-30(21)45/h1-18H. The van der Waals surface area contributed by atoms with E-state index in [-0.39, 0.29) is 0 Å². The van der Waals surface area contributed by atoms with Crippen LogP contribution in [0.5, 0.6) is 0 Å². The van der Waals surface area contributed by atoms with Crippen LogP contribution >= 0.6 is 0 Å². The van der Waals surface area contributed by atoms with Crippen LogP contribution in [-0.2, 0) is 0 Å². The fourth-order valence-corrected chi connectivity index (χ4v) is 6.23. The molecule has 45 heavy (non-hydrogen) atoms. The van der Waals surface area contributed by atoms with Gasteiger partial charge in [-0.05, 0) is 72.8 Å². The number of hydrogen-bond acceptors (Lipinski definition) is 9. The highest BCUT2D eigenvalue weighted by molar-refractivity contribution is 6.07. The maximum Gasteiger partial charge on any atom is 0.242 e. The molecular weight excluding hydrogens is 564 g/mol. The van der Waals surface area contributed by atoms with Crippen LogP contribution in [0.15, 0.2) is 110 Å².